The Kier molecular flexibility index (Phi) is 6.90. The lowest BCUT2D eigenvalue weighted by Gasteiger charge is -2.31. The number of anilines is 1. The summed E-state index contributed by atoms with van der Waals surface area (Å²) in [6, 6.07) is 9.90. The number of rotatable bonds is 6. The molecular weight excluding hydrogens is 428 g/mol. The molecule has 1 N–H and O–H groups in total. The molecule has 9 heteroatoms. The number of aryl methyl sites for hydroxylation is 1. The number of carbonyl (C=O) groups excluding carboxylic acids is 1. The summed E-state index contributed by atoms with van der Waals surface area (Å²) in [6.45, 7) is 2.30. The summed E-state index contributed by atoms with van der Waals surface area (Å²) < 4.78 is 38.4. The van der Waals surface area contributed by atoms with Gasteiger partial charge in [-0.25, -0.2) is 8.42 Å². The lowest BCUT2D eigenvalue weighted by atomic mass is 9.98. The van der Waals surface area contributed by atoms with Gasteiger partial charge in [0, 0.05) is 29.9 Å². The Morgan fingerprint density at radius 1 is 1.17 bits per heavy atom. The van der Waals surface area contributed by atoms with Crippen LogP contribution in [0.15, 0.2) is 41.3 Å². The van der Waals surface area contributed by atoms with Gasteiger partial charge in [-0.15, -0.1) is 0 Å². The fraction of sp³-hybridized carbons (Fsp3) is 0.381. The molecule has 30 heavy (non-hydrogen) atoms. The zero-order chi connectivity index (χ0) is 21.9. The van der Waals surface area contributed by atoms with Crippen molar-refractivity contribution >= 4 is 33.2 Å². The molecule has 0 unspecified atom stereocenters. The molecule has 0 aliphatic carbocycles. The largest absolute Gasteiger partial charge is 0.497 e. The van der Waals surface area contributed by atoms with Gasteiger partial charge in [-0.3, -0.25) is 4.79 Å². The lowest BCUT2D eigenvalue weighted by Crippen LogP contribution is -2.43. The van der Waals surface area contributed by atoms with Gasteiger partial charge in [0.2, 0.25) is 15.9 Å². The van der Waals surface area contributed by atoms with Crippen molar-refractivity contribution in [1.82, 2.24) is 4.31 Å². The van der Waals surface area contributed by atoms with Crippen LogP contribution >= 0.6 is 11.6 Å². The third kappa shape index (κ3) is 4.71. The van der Waals surface area contributed by atoms with Crippen LogP contribution in [-0.4, -0.2) is 45.9 Å². The average molecular weight is 453 g/mol. The van der Waals surface area contributed by atoms with Crippen LogP contribution in [0.25, 0.3) is 0 Å². The highest BCUT2D eigenvalue weighted by Gasteiger charge is 2.35. The van der Waals surface area contributed by atoms with E-state index in [1.807, 2.05) is 13.0 Å². The number of methoxy groups -OCH3 is 2. The third-order valence-electron chi connectivity index (χ3n) is 5.20. The van der Waals surface area contributed by atoms with Gasteiger partial charge in [-0.2, -0.15) is 4.31 Å². The highest BCUT2D eigenvalue weighted by atomic mass is 35.5. The first-order valence-electron chi connectivity index (χ1n) is 9.55. The molecule has 0 bridgehead atoms. The van der Waals surface area contributed by atoms with E-state index in [2.05, 4.69) is 5.32 Å². The molecule has 0 saturated carbocycles. The van der Waals surface area contributed by atoms with Crippen molar-refractivity contribution in [3.63, 3.8) is 0 Å². The first-order chi connectivity index (χ1) is 14.3. The molecule has 1 fully saturated rings. The van der Waals surface area contributed by atoms with Crippen molar-refractivity contribution in [3.05, 3.63) is 47.0 Å². The minimum Gasteiger partial charge on any atom is -0.497 e. The summed E-state index contributed by atoms with van der Waals surface area (Å²) in [4.78, 5) is 12.9. The van der Waals surface area contributed by atoms with Crippen LogP contribution < -0.4 is 14.8 Å². The number of halogens is 1. The van der Waals surface area contributed by atoms with Gasteiger partial charge in [0.05, 0.1) is 20.1 Å². The van der Waals surface area contributed by atoms with Gasteiger partial charge in [0.15, 0.2) is 0 Å². The van der Waals surface area contributed by atoms with Gasteiger partial charge < -0.3 is 14.8 Å². The number of benzene rings is 2. The van der Waals surface area contributed by atoms with Crippen LogP contribution in [0.2, 0.25) is 5.02 Å². The van der Waals surface area contributed by atoms with Crippen molar-refractivity contribution in [2.24, 2.45) is 5.92 Å². The monoisotopic (exact) mass is 452 g/mol. The van der Waals surface area contributed by atoms with Gasteiger partial charge in [-0.1, -0.05) is 17.7 Å². The van der Waals surface area contributed by atoms with Crippen LogP contribution in [0, 0.1) is 12.8 Å². The van der Waals surface area contributed by atoms with E-state index in [4.69, 9.17) is 21.1 Å². The number of sulfonamides is 1. The van der Waals surface area contributed by atoms with Crippen LogP contribution in [-0.2, 0) is 14.8 Å². The Balaban J connectivity index is 1.81. The van der Waals surface area contributed by atoms with Gasteiger partial charge in [0.1, 0.15) is 16.4 Å². The number of amides is 1. The van der Waals surface area contributed by atoms with E-state index in [0.29, 0.717) is 35.8 Å². The number of nitrogens with zero attached hydrogens (tertiary/aromatic N) is 1. The lowest BCUT2D eigenvalue weighted by molar-refractivity contribution is -0.120. The molecule has 1 aliphatic rings. The van der Waals surface area contributed by atoms with E-state index in [1.165, 1.54) is 24.6 Å². The topological polar surface area (TPSA) is 84.9 Å². The maximum absolute atomic E-state index is 13.3. The summed E-state index contributed by atoms with van der Waals surface area (Å²) in [5.41, 5.74) is 1.51. The number of hydrogen-bond acceptors (Lipinski definition) is 5. The van der Waals surface area contributed by atoms with Crippen molar-refractivity contribution in [2.45, 2.75) is 24.7 Å². The van der Waals surface area contributed by atoms with Crippen molar-refractivity contribution < 1.29 is 22.7 Å². The minimum atomic E-state index is -3.86. The number of piperidine rings is 1. The number of hydrogen-bond donors (Lipinski definition) is 1. The van der Waals surface area contributed by atoms with Crippen LogP contribution in [0.4, 0.5) is 5.69 Å². The normalized spacial score (nSPS) is 17.4. The summed E-state index contributed by atoms with van der Waals surface area (Å²) in [5.74, 6) is -0.0459. The van der Waals surface area contributed by atoms with Gasteiger partial charge in [0.25, 0.3) is 0 Å². The van der Waals surface area contributed by atoms with Crippen LogP contribution in [0.1, 0.15) is 18.4 Å². The average Bonchev–Trinajstić information content (AvgIpc) is 2.75. The molecular formula is C21H25ClN2O5S. The van der Waals surface area contributed by atoms with Crippen LogP contribution in [0.3, 0.4) is 0 Å². The quantitative estimate of drug-likeness (QED) is 0.722. The molecule has 2 aromatic rings. The maximum atomic E-state index is 13.3. The smallest absolute Gasteiger partial charge is 0.246 e. The minimum absolute atomic E-state index is 0.0242. The van der Waals surface area contributed by atoms with Gasteiger partial charge >= 0.3 is 0 Å². The van der Waals surface area contributed by atoms with E-state index < -0.39 is 15.9 Å². The Bertz CT molecular complexity index is 1040. The highest BCUT2D eigenvalue weighted by Crippen LogP contribution is 2.33. The molecule has 3 rings (SSSR count). The number of ether oxygens (including phenoxy) is 2. The molecule has 0 spiro atoms. The molecule has 1 saturated heterocycles. The van der Waals surface area contributed by atoms with E-state index in [9.17, 15) is 13.2 Å². The molecule has 0 radical (unpaired) electrons. The first-order valence-corrected chi connectivity index (χ1v) is 11.4. The third-order valence-corrected chi connectivity index (χ3v) is 7.32. The zero-order valence-corrected chi connectivity index (χ0v) is 18.7. The summed E-state index contributed by atoms with van der Waals surface area (Å²) in [5, 5.41) is 3.41. The Morgan fingerprint density at radius 3 is 2.63 bits per heavy atom. The second-order valence-corrected chi connectivity index (χ2v) is 9.51. The van der Waals surface area contributed by atoms with Crippen molar-refractivity contribution in [3.8, 4) is 11.5 Å². The predicted octanol–water partition coefficient (Wildman–Crippen LogP) is 3.71. The first kappa shape index (κ1) is 22.4. The molecule has 0 aromatic heterocycles. The molecule has 1 heterocycles. The molecule has 1 aliphatic heterocycles. The van der Waals surface area contributed by atoms with Crippen molar-refractivity contribution in [1.29, 1.82) is 0 Å². The molecule has 1 atom stereocenters. The van der Waals surface area contributed by atoms with E-state index in [1.54, 1.807) is 24.3 Å². The summed E-state index contributed by atoms with van der Waals surface area (Å²) >= 11 is 6.03. The van der Waals surface area contributed by atoms with E-state index in [0.717, 1.165) is 5.56 Å². The summed E-state index contributed by atoms with van der Waals surface area (Å²) in [7, 11) is -0.978. The zero-order valence-electron chi connectivity index (χ0n) is 17.1. The Morgan fingerprint density at radius 2 is 1.93 bits per heavy atom. The standard InChI is InChI=1S/C21H25ClN2O5S/c1-14-6-7-16(22)11-18(14)23-21(25)15-5-4-10-24(13-15)30(26,27)20-12-17(28-2)8-9-19(20)29-3/h6-9,11-12,15H,4-5,10,13H2,1-3H3,(H,23,25)/t15-/m1/s1. The molecule has 1 amide bonds. The second kappa shape index (κ2) is 9.24. The summed E-state index contributed by atoms with van der Waals surface area (Å²) in [6.07, 6.45) is 1.19. The molecule has 7 nitrogen and oxygen atoms in total. The van der Waals surface area contributed by atoms with E-state index >= 15 is 0 Å². The maximum Gasteiger partial charge on any atom is 0.246 e. The number of nitrogens with one attached hydrogen (secondary N) is 1. The SMILES string of the molecule is COc1ccc(OC)c(S(=O)(=O)N2CCC[C@@H](C(=O)Nc3cc(Cl)ccc3C)C2)c1. The number of carbonyl (C=O) groups is 1. The van der Waals surface area contributed by atoms with Crippen molar-refractivity contribution in [2.75, 3.05) is 32.6 Å². The predicted molar refractivity (Wildman–Crippen MR) is 116 cm³/mol. The van der Waals surface area contributed by atoms with E-state index in [-0.39, 0.29) is 23.1 Å². The van der Waals surface area contributed by atoms with Crippen LogP contribution in [0.5, 0.6) is 11.5 Å². The van der Waals surface area contributed by atoms with Gasteiger partial charge in [-0.05, 0) is 49.6 Å². The second-order valence-electron chi connectivity index (χ2n) is 7.17. The molecule has 2 aromatic carbocycles. The fourth-order valence-corrected chi connectivity index (χ4v) is 5.33. The Labute approximate surface area is 182 Å². The highest BCUT2D eigenvalue weighted by molar-refractivity contribution is 7.89. The Hall–Kier alpha value is -2.29. The fourth-order valence-electron chi connectivity index (χ4n) is 3.46. The molecule has 162 valence electrons.